The molecule has 2 N–H and O–H groups in total. The Bertz CT molecular complexity index is 247. The number of rotatable bonds is 6. The van der Waals surface area contributed by atoms with Crippen molar-refractivity contribution in [1.29, 1.82) is 0 Å². The van der Waals surface area contributed by atoms with Crippen LogP contribution in [0.3, 0.4) is 0 Å². The molecular weight excluding hydrogens is 224 g/mol. The van der Waals surface area contributed by atoms with Crippen LogP contribution in [-0.4, -0.2) is 30.4 Å². The highest BCUT2D eigenvalue weighted by Crippen LogP contribution is 2.22. The van der Waals surface area contributed by atoms with Crippen molar-refractivity contribution in [3.63, 3.8) is 0 Å². The molecule has 3 heteroatoms. The predicted molar refractivity (Wildman–Crippen MR) is 76.2 cm³/mol. The van der Waals surface area contributed by atoms with E-state index in [-0.39, 0.29) is 5.92 Å². The second-order valence-corrected chi connectivity index (χ2v) is 6.29. The number of carbonyl (C=O) groups excluding carboxylic acids is 1. The van der Waals surface area contributed by atoms with E-state index in [1.807, 2.05) is 4.90 Å². The molecule has 1 aliphatic heterocycles. The lowest BCUT2D eigenvalue weighted by atomic mass is 9.88. The van der Waals surface area contributed by atoms with Crippen LogP contribution in [0.1, 0.15) is 52.9 Å². The number of carbonyl (C=O) groups is 1. The van der Waals surface area contributed by atoms with Gasteiger partial charge in [0, 0.05) is 19.6 Å². The van der Waals surface area contributed by atoms with Gasteiger partial charge in [0.2, 0.25) is 5.91 Å². The molecule has 0 aromatic heterocycles. The van der Waals surface area contributed by atoms with E-state index in [1.165, 1.54) is 12.8 Å². The smallest absolute Gasteiger partial charge is 0.226 e. The third kappa shape index (κ3) is 4.97. The lowest BCUT2D eigenvalue weighted by molar-refractivity contribution is -0.136. The molecule has 3 nitrogen and oxygen atoms in total. The van der Waals surface area contributed by atoms with Crippen molar-refractivity contribution in [3.8, 4) is 0 Å². The molecule has 106 valence electrons. The summed E-state index contributed by atoms with van der Waals surface area (Å²) in [6.45, 7) is 9.09. The minimum Gasteiger partial charge on any atom is -0.342 e. The van der Waals surface area contributed by atoms with Crippen molar-refractivity contribution in [2.75, 3.05) is 19.6 Å². The molecule has 1 aliphatic rings. The Hall–Kier alpha value is -0.570. The van der Waals surface area contributed by atoms with Crippen LogP contribution in [0.5, 0.6) is 0 Å². The third-order valence-corrected chi connectivity index (χ3v) is 3.86. The molecule has 1 amide bonds. The number of piperidine rings is 1. The second kappa shape index (κ2) is 7.78. The molecule has 2 atom stereocenters. The van der Waals surface area contributed by atoms with Crippen LogP contribution in [0, 0.1) is 17.8 Å². The average Bonchev–Trinajstić information content (AvgIpc) is 2.35. The summed E-state index contributed by atoms with van der Waals surface area (Å²) in [5.41, 5.74) is 5.81. The summed E-state index contributed by atoms with van der Waals surface area (Å²) in [7, 11) is 0. The molecule has 0 radical (unpaired) electrons. The summed E-state index contributed by atoms with van der Waals surface area (Å²) in [5.74, 6) is 1.63. The van der Waals surface area contributed by atoms with E-state index < -0.39 is 0 Å². The first-order valence-corrected chi connectivity index (χ1v) is 7.53. The minimum atomic E-state index is 0.0387. The fourth-order valence-electron chi connectivity index (χ4n) is 3.06. The summed E-state index contributed by atoms with van der Waals surface area (Å²) < 4.78 is 0. The molecule has 18 heavy (non-hydrogen) atoms. The number of hydrogen-bond donors (Lipinski definition) is 1. The first kappa shape index (κ1) is 15.5. The van der Waals surface area contributed by atoms with E-state index in [4.69, 9.17) is 5.73 Å². The molecule has 1 fully saturated rings. The van der Waals surface area contributed by atoms with Gasteiger partial charge in [-0.05, 0) is 43.9 Å². The SMILES string of the molecule is CC(C)CC(C)CC(CN)C(=O)N1CCCCC1. The first-order chi connectivity index (χ1) is 8.54. The molecule has 0 saturated carbocycles. The summed E-state index contributed by atoms with van der Waals surface area (Å²) in [5, 5.41) is 0. The normalized spacial score (nSPS) is 19.9. The van der Waals surface area contributed by atoms with Gasteiger partial charge >= 0.3 is 0 Å². The van der Waals surface area contributed by atoms with Gasteiger partial charge in [0.25, 0.3) is 0 Å². The first-order valence-electron chi connectivity index (χ1n) is 7.53. The van der Waals surface area contributed by atoms with Gasteiger partial charge < -0.3 is 10.6 Å². The Morgan fingerprint density at radius 2 is 1.72 bits per heavy atom. The zero-order valence-electron chi connectivity index (χ0n) is 12.3. The highest BCUT2D eigenvalue weighted by atomic mass is 16.2. The maximum absolute atomic E-state index is 12.4. The van der Waals surface area contributed by atoms with Gasteiger partial charge in [-0.1, -0.05) is 20.8 Å². The monoisotopic (exact) mass is 254 g/mol. The lowest BCUT2D eigenvalue weighted by Gasteiger charge is -2.31. The van der Waals surface area contributed by atoms with Gasteiger partial charge in [-0.25, -0.2) is 0 Å². The number of likely N-dealkylation sites (tertiary alicyclic amines) is 1. The largest absolute Gasteiger partial charge is 0.342 e. The van der Waals surface area contributed by atoms with E-state index in [0.29, 0.717) is 24.3 Å². The molecule has 1 heterocycles. The third-order valence-electron chi connectivity index (χ3n) is 3.86. The number of hydrogen-bond acceptors (Lipinski definition) is 2. The standard InChI is InChI=1S/C15H30N2O/c1-12(2)9-13(3)10-14(11-16)15(18)17-7-5-4-6-8-17/h12-14H,4-11,16H2,1-3H3. The van der Waals surface area contributed by atoms with Crippen molar-refractivity contribution in [1.82, 2.24) is 4.90 Å². The Labute approximate surface area is 112 Å². The van der Waals surface area contributed by atoms with E-state index in [2.05, 4.69) is 20.8 Å². The van der Waals surface area contributed by atoms with E-state index in [1.54, 1.807) is 0 Å². The predicted octanol–water partition coefficient (Wildman–Crippen LogP) is 2.65. The van der Waals surface area contributed by atoms with Crippen LogP contribution in [0.25, 0.3) is 0 Å². The molecule has 0 aromatic carbocycles. The quantitative estimate of drug-likeness (QED) is 0.792. The molecule has 1 rings (SSSR count). The topological polar surface area (TPSA) is 46.3 Å². The van der Waals surface area contributed by atoms with Crippen LogP contribution >= 0.6 is 0 Å². The average molecular weight is 254 g/mol. The van der Waals surface area contributed by atoms with Crippen molar-refractivity contribution in [2.24, 2.45) is 23.5 Å². The van der Waals surface area contributed by atoms with E-state index >= 15 is 0 Å². The summed E-state index contributed by atoms with van der Waals surface area (Å²) in [6.07, 6.45) is 5.71. The molecular formula is C15H30N2O. The second-order valence-electron chi connectivity index (χ2n) is 6.29. The molecule has 2 unspecified atom stereocenters. The molecule has 0 aromatic rings. The van der Waals surface area contributed by atoms with Gasteiger partial charge in [-0.2, -0.15) is 0 Å². The maximum atomic E-state index is 12.4. The van der Waals surface area contributed by atoms with E-state index in [9.17, 15) is 4.79 Å². The van der Waals surface area contributed by atoms with Gasteiger partial charge in [0.1, 0.15) is 0 Å². The summed E-state index contributed by atoms with van der Waals surface area (Å²) in [4.78, 5) is 14.4. The molecule has 0 bridgehead atoms. The fraction of sp³-hybridized carbons (Fsp3) is 0.933. The van der Waals surface area contributed by atoms with Crippen LogP contribution in [0.4, 0.5) is 0 Å². The van der Waals surface area contributed by atoms with E-state index in [0.717, 1.165) is 32.4 Å². The van der Waals surface area contributed by atoms with Crippen LogP contribution < -0.4 is 5.73 Å². The van der Waals surface area contributed by atoms with Gasteiger partial charge in [0.05, 0.1) is 5.92 Å². The van der Waals surface area contributed by atoms with Crippen molar-refractivity contribution >= 4 is 5.91 Å². The number of amides is 1. The Morgan fingerprint density at radius 1 is 1.11 bits per heavy atom. The summed E-state index contributed by atoms with van der Waals surface area (Å²) in [6, 6.07) is 0. The van der Waals surface area contributed by atoms with Crippen molar-refractivity contribution in [2.45, 2.75) is 52.9 Å². The number of nitrogens with two attached hydrogens (primary N) is 1. The Morgan fingerprint density at radius 3 is 2.22 bits per heavy atom. The van der Waals surface area contributed by atoms with Crippen molar-refractivity contribution < 1.29 is 4.79 Å². The molecule has 1 saturated heterocycles. The minimum absolute atomic E-state index is 0.0387. The fourth-order valence-corrected chi connectivity index (χ4v) is 3.06. The van der Waals surface area contributed by atoms with Gasteiger partial charge in [0.15, 0.2) is 0 Å². The number of nitrogens with zero attached hydrogens (tertiary/aromatic N) is 1. The zero-order chi connectivity index (χ0) is 13.5. The highest BCUT2D eigenvalue weighted by Gasteiger charge is 2.25. The van der Waals surface area contributed by atoms with Crippen LogP contribution in [0.15, 0.2) is 0 Å². The van der Waals surface area contributed by atoms with Gasteiger partial charge in [-0.3, -0.25) is 4.79 Å². The molecule has 0 aliphatic carbocycles. The van der Waals surface area contributed by atoms with Crippen LogP contribution in [0.2, 0.25) is 0 Å². The molecule has 0 spiro atoms. The Kier molecular flexibility index (Phi) is 6.69. The van der Waals surface area contributed by atoms with Gasteiger partial charge in [-0.15, -0.1) is 0 Å². The Balaban J connectivity index is 2.45. The van der Waals surface area contributed by atoms with Crippen molar-refractivity contribution in [3.05, 3.63) is 0 Å². The summed E-state index contributed by atoms with van der Waals surface area (Å²) >= 11 is 0. The lowest BCUT2D eigenvalue weighted by Crippen LogP contribution is -2.42. The van der Waals surface area contributed by atoms with Crippen LogP contribution in [-0.2, 0) is 4.79 Å². The maximum Gasteiger partial charge on any atom is 0.226 e. The zero-order valence-corrected chi connectivity index (χ0v) is 12.3. The highest BCUT2D eigenvalue weighted by molar-refractivity contribution is 5.79.